The Morgan fingerprint density at radius 3 is 2.39 bits per heavy atom. The van der Waals surface area contributed by atoms with Crippen LogP contribution in [0.5, 0.6) is 5.75 Å². The lowest BCUT2D eigenvalue weighted by atomic mass is 10.2. The van der Waals surface area contributed by atoms with Gasteiger partial charge in [-0.3, -0.25) is 9.36 Å². The van der Waals surface area contributed by atoms with Crippen LogP contribution in [0.3, 0.4) is 0 Å². The third-order valence-electron chi connectivity index (χ3n) is 4.17. The van der Waals surface area contributed by atoms with Crippen LogP contribution in [0.15, 0.2) is 53.7 Å². The fourth-order valence-electron chi connectivity index (χ4n) is 2.67. The molecule has 1 heterocycles. The number of rotatable bonds is 7. The molecule has 6 nitrogen and oxygen atoms in total. The smallest absolute Gasteiger partial charge is 0.319 e. The first-order chi connectivity index (χ1) is 13.5. The summed E-state index contributed by atoms with van der Waals surface area (Å²) in [5.41, 5.74) is 3.00. The van der Waals surface area contributed by atoms with Crippen LogP contribution in [0.2, 0.25) is 0 Å². The highest BCUT2D eigenvalue weighted by atomic mass is 32.2. The van der Waals surface area contributed by atoms with E-state index in [1.807, 2.05) is 66.9 Å². The largest absolute Gasteiger partial charge is 0.497 e. The van der Waals surface area contributed by atoms with E-state index >= 15 is 0 Å². The number of benzene rings is 2. The van der Waals surface area contributed by atoms with Crippen molar-refractivity contribution in [2.45, 2.75) is 31.2 Å². The zero-order valence-electron chi connectivity index (χ0n) is 16.4. The van der Waals surface area contributed by atoms with Crippen LogP contribution in [0.1, 0.15) is 19.4 Å². The Labute approximate surface area is 168 Å². The summed E-state index contributed by atoms with van der Waals surface area (Å²) in [5, 5.41) is 8.99. The zero-order chi connectivity index (χ0) is 20.1. The number of thioether (sulfide) groups is 1. The van der Waals surface area contributed by atoms with Crippen molar-refractivity contribution < 1.29 is 14.3 Å². The van der Waals surface area contributed by atoms with Gasteiger partial charge in [0.15, 0.2) is 11.0 Å². The lowest BCUT2D eigenvalue weighted by molar-refractivity contribution is -0.142. The number of hydrogen-bond acceptors (Lipinski definition) is 6. The van der Waals surface area contributed by atoms with E-state index in [2.05, 4.69) is 10.2 Å². The van der Waals surface area contributed by atoms with Crippen molar-refractivity contribution in [3.63, 3.8) is 0 Å². The predicted octanol–water partition coefficient (Wildman–Crippen LogP) is 4.30. The van der Waals surface area contributed by atoms with E-state index in [1.165, 1.54) is 11.8 Å². The van der Waals surface area contributed by atoms with Gasteiger partial charge in [0.1, 0.15) is 11.0 Å². The van der Waals surface area contributed by atoms with Crippen molar-refractivity contribution in [1.29, 1.82) is 0 Å². The van der Waals surface area contributed by atoms with E-state index in [0.717, 1.165) is 22.6 Å². The highest BCUT2D eigenvalue weighted by Gasteiger charge is 2.22. The van der Waals surface area contributed by atoms with Gasteiger partial charge in [-0.2, -0.15) is 0 Å². The number of ether oxygens (including phenoxy) is 2. The molecule has 0 fully saturated rings. The minimum absolute atomic E-state index is 0.267. The summed E-state index contributed by atoms with van der Waals surface area (Å²) < 4.78 is 12.3. The molecule has 0 bridgehead atoms. The number of hydrogen-bond donors (Lipinski definition) is 0. The fraction of sp³-hybridized carbons (Fsp3) is 0.286. The van der Waals surface area contributed by atoms with Crippen LogP contribution < -0.4 is 4.74 Å². The highest BCUT2D eigenvalue weighted by molar-refractivity contribution is 8.00. The van der Waals surface area contributed by atoms with Gasteiger partial charge < -0.3 is 9.47 Å². The van der Waals surface area contributed by atoms with Crippen LogP contribution in [0.25, 0.3) is 17.1 Å². The number of aromatic nitrogens is 3. The molecule has 146 valence electrons. The quantitative estimate of drug-likeness (QED) is 0.438. The molecule has 0 saturated heterocycles. The Bertz CT molecular complexity index is 937. The summed E-state index contributed by atoms with van der Waals surface area (Å²) in [5.74, 6) is 1.21. The molecule has 3 aromatic rings. The normalized spacial score (nSPS) is 11.9. The molecular formula is C21H23N3O3S. The minimum Gasteiger partial charge on any atom is -0.497 e. The van der Waals surface area contributed by atoms with Gasteiger partial charge >= 0.3 is 5.97 Å². The maximum atomic E-state index is 12.1. The van der Waals surface area contributed by atoms with Gasteiger partial charge in [-0.05, 0) is 57.2 Å². The van der Waals surface area contributed by atoms with Crippen LogP contribution in [0.4, 0.5) is 0 Å². The summed E-state index contributed by atoms with van der Waals surface area (Å²) in [4.78, 5) is 12.1. The molecule has 1 aromatic heterocycles. The molecule has 0 aliphatic heterocycles. The van der Waals surface area contributed by atoms with Crippen LogP contribution in [-0.4, -0.2) is 39.7 Å². The van der Waals surface area contributed by atoms with E-state index in [1.54, 1.807) is 14.0 Å². The van der Waals surface area contributed by atoms with Gasteiger partial charge in [-0.1, -0.05) is 29.5 Å². The number of carbonyl (C=O) groups is 1. The fourth-order valence-corrected chi connectivity index (χ4v) is 3.53. The van der Waals surface area contributed by atoms with Crippen molar-refractivity contribution in [2.75, 3.05) is 13.7 Å². The molecule has 0 spiro atoms. The number of esters is 1. The molecule has 2 aromatic carbocycles. The Hall–Kier alpha value is -2.80. The van der Waals surface area contributed by atoms with E-state index in [9.17, 15) is 4.79 Å². The summed E-state index contributed by atoms with van der Waals surface area (Å²) in [6.45, 7) is 6.00. The molecule has 0 N–H and O–H groups in total. The Morgan fingerprint density at radius 2 is 1.79 bits per heavy atom. The Morgan fingerprint density at radius 1 is 1.11 bits per heavy atom. The SMILES string of the molecule is CCOC(=O)[C@@H](C)Sc1nnc(-c2ccc(OC)cc2)n1-c1ccc(C)cc1. The van der Waals surface area contributed by atoms with Crippen molar-refractivity contribution in [1.82, 2.24) is 14.8 Å². The van der Waals surface area contributed by atoms with Crippen molar-refractivity contribution in [3.05, 3.63) is 54.1 Å². The number of aryl methyl sites for hydroxylation is 1. The van der Waals surface area contributed by atoms with E-state index < -0.39 is 5.25 Å². The third-order valence-corrected chi connectivity index (χ3v) is 5.20. The van der Waals surface area contributed by atoms with Crippen LogP contribution >= 0.6 is 11.8 Å². The highest BCUT2D eigenvalue weighted by Crippen LogP contribution is 2.31. The van der Waals surface area contributed by atoms with Crippen molar-refractivity contribution in [2.24, 2.45) is 0 Å². The maximum Gasteiger partial charge on any atom is 0.319 e. The molecule has 3 rings (SSSR count). The molecule has 0 radical (unpaired) electrons. The van der Waals surface area contributed by atoms with Crippen LogP contribution in [0, 0.1) is 6.92 Å². The maximum absolute atomic E-state index is 12.1. The number of carbonyl (C=O) groups excluding carboxylic acids is 1. The first-order valence-electron chi connectivity index (χ1n) is 9.03. The summed E-state index contributed by atoms with van der Waals surface area (Å²) in [6.07, 6.45) is 0. The Balaban J connectivity index is 2.03. The molecule has 0 aliphatic rings. The van der Waals surface area contributed by atoms with Crippen molar-refractivity contribution >= 4 is 17.7 Å². The monoisotopic (exact) mass is 397 g/mol. The van der Waals surface area contributed by atoms with Gasteiger partial charge in [0.05, 0.1) is 13.7 Å². The zero-order valence-corrected chi connectivity index (χ0v) is 17.2. The van der Waals surface area contributed by atoms with Gasteiger partial charge in [0.25, 0.3) is 0 Å². The molecule has 7 heteroatoms. The molecular weight excluding hydrogens is 374 g/mol. The average Bonchev–Trinajstić information content (AvgIpc) is 3.12. The average molecular weight is 398 g/mol. The molecule has 0 aliphatic carbocycles. The van der Waals surface area contributed by atoms with E-state index in [-0.39, 0.29) is 5.97 Å². The predicted molar refractivity (Wildman–Crippen MR) is 110 cm³/mol. The van der Waals surface area contributed by atoms with Gasteiger partial charge in [0.2, 0.25) is 0 Å². The second kappa shape index (κ2) is 8.93. The summed E-state index contributed by atoms with van der Waals surface area (Å²) in [7, 11) is 1.63. The summed E-state index contributed by atoms with van der Waals surface area (Å²) >= 11 is 1.33. The van der Waals surface area contributed by atoms with E-state index in [0.29, 0.717) is 17.6 Å². The molecule has 1 atom stereocenters. The minimum atomic E-state index is -0.392. The first kappa shape index (κ1) is 19.9. The summed E-state index contributed by atoms with van der Waals surface area (Å²) in [6, 6.07) is 15.8. The number of methoxy groups -OCH3 is 1. The van der Waals surface area contributed by atoms with Crippen molar-refractivity contribution in [3.8, 4) is 22.8 Å². The van der Waals surface area contributed by atoms with Gasteiger partial charge in [-0.25, -0.2) is 0 Å². The third kappa shape index (κ3) is 4.36. The lowest BCUT2D eigenvalue weighted by Gasteiger charge is -2.13. The first-order valence-corrected chi connectivity index (χ1v) is 9.91. The lowest BCUT2D eigenvalue weighted by Crippen LogP contribution is -2.17. The van der Waals surface area contributed by atoms with E-state index in [4.69, 9.17) is 9.47 Å². The van der Waals surface area contributed by atoms with Gasteiger partial charge in [-0.15, -0.1) is 10.2 Å². The van der Waals surface area contributed by atoms with Gasteiger partial charge in [0, 0.05) is 11.3 Å². The van der Waals surface area contributed by atoms with Crippen LogP contribution in [-0.2, 0) is 9.53 Å². The number of nitrogens with zero attached hydrogens (tertiary/aromatic N) is 3. The molecule has 0 unspecified atom stereocenters. The second-order valence-corrected chi connectivity index (χ2v) is 7.53. The topological polar surface area (TPSA) is 66.2 Å². The second-order valence-electron chi connectivity index (χ2n) is 6.22. The molecule has 0 amide bonds. The molecule has 28 heavy (non-hydrogen) atoms. The molecule has 0 saturated carbocycles. The Kier molecular flexibility index (Phi) is 6.36. The standard InChI is InChI=1S/C21H23N3O3S/c1-5-27-20(25)15(3)28-21-23-22-19(16-8-12-18(26-4)13-9-16)24(21)17-10-6-14(2)7-11-17/h6-13,15H,5H2,1-4H3/t15-/m1/s1.